The van der Waals surface area contributed by atoms with Crippen molar-refractivity contribution in [1.82, 2.24) is 20.1 Å². The minimum atomic E-state index is -1.31. The summed E-state index contributed by atoms with van der Waals surface area (Å²) < 4.78 is 1.13. The smallest absolute Gasteiger partial charge is 0.327 e. The second-order valence-corrected chi connectivity index (χ2v) is 13.0. The average molecular weight is 577 g/mol. The van der Waals surface area contributed by atoms with Crippen molar-refractivity contribution in [2.45, 2.75) is 61.5 Å². The van der Waals surface area contributed by atoms with Crippen molar-refractivity contribution in [3.63, 3.8) is 0 Å². The highest BCUT2D eigenvalue weighted by Gasteiger charge is 2.64. The van der Waals surface area contributed by atoms with Crippen LogP contribution in [0.25, 0.3) is 10.9 Å². The maximum atomic E-state index is 13.6. The molecule has 5 unspecified atom stereocenters. The number of carbonyl (C=O) groups excluding carboxylic acids is 3. The third-order valence-electron chi connectivity index (χ3n) is 8.11. The number of benzene rings is 2. The van der Waals surface area contributed by atoms with Crippen LogP contribution in [0.3, 0.4) is 0 Å². The number of nitrogens with zero attached hydrogens (tertiary/aromatic N) is 2. The van der Waals surface area contributed by atoms with Crippen LogP contribution in [-0.4, -0.2) is 65.6 Å². The Morgan fingerprint density at radius 1 is 1.10 bits per heavy atom. The first kappa shape index (κ1) is 26.9. The third kappa shape index (κ3) is 4.16. The SMILES string of the molecule is CC1Cc2cccc3c(=O)c(C(=O)NC(C(=O)NC4C(=O)N5C4SC(C)(C)C5C(=O)O)c4ccc(O)cc4)cn1c23. The van der Waals surface area contributed by atoms with E-state index in [2.05, 4.69) is 10.6 Å². The number of thioether (sulfide) groups is 1. The molecule has 4 N–H and O–H groups in total. The highest BCUT2D eigenvalue weighted by Crippen LogP contribution is 2.50. The molecule has 0 spiro atoms. The number of aromatic nitrogens is 1. The number of carboxylic acids is 1. The predicted octanol–water partition coefficient (Wildman–Crippen LogP) is 1.93. The molecule has 5 atom stereocenters. The molecular weight excluding hydrogens is 548 g/mol. The monoisotopic (exact) mass is 576 g/mol. The lowest BCUT2D eigenvalue weighted by Crippen LogP contribution is -2.71. The topological polar surface area (TPSA) is 158 Å². The summed E-state index contributed by atoms with van der Waals surface area (Å²) in [5, 5.41) is 24.6. The number of fused-ring (bicyclic) bond motifs is 1. The molecule has 3 aliphatic heterocycles. The number of rotatable bonds is 6. The van der Waals surface area contributed by atoms with Gasteiger partial charge in [-0.1, -0.05) is 24.3 Å². The molecule has 0 saturated carbocycles. The Morgan fingerprint density at radius 3 is 2.49 bits per heavy atom. The Morgan fingerprint density at radius 2 is 1.80 bits per heavy atom. The van der Waals surface area contributed by atoms with E-state index in [9.17, 15) is 34.2 Å². The van der Waals surface area contributed by atoms with Gasteiger partial charge in [0.1, 0.15) is 34.8 Å². The van der Waals surface area contributed by atoms with Gasteiger partial charge >= 0.3 is 5.97 Å². The number of aliphatic carboxylic acids is 1. The van der Waals surface area contributed by atoms with Crippen LogP contribution in [0.15, 0.2) is 53.5 Å². The first-order valence-corrected chi connectivity index (χ1v) is 14.1. The van der Waals surface area contributed by atoms with Gasteiger partial charge in [0.15, 0.2) is 0 Å². The second-order valence-electron chi connectivity index (χ2n) is 11.2. The summed E-state index contributed by atoms with van der Waals surface area (Å²) in [6, 6.07) is 7.77. The van der Waals surface area contributed by atoms with Crippen LogP contribution in [0.5, 0.6) is 5.75 Å². The van der Waals surface area contributed by atoms with Gasteiger partial charge in [0, 0.05) is 22.4 Å². The number of carboxylic acid groups (broad SMARTS) is 1. The fourth-order valence-corrected chi connectivity index (χ4v) is 7.76. The number of phenols is 1. The first-order valence-electron chi connectivity index (χ1n) is 13.2. The zero-order valence-electron chi connectivity index (χ0n) is 22.5. The van der Waals surface area contributed by atoms with Crippen LogP contribution in [0.2, 0.25) is 0 Å². The highest BCUT2D eigenvalue weighted by atomic mass is 32.2. The first-order chi connectivity index (χ1) is 19.4. The van der Waals surface area contributed by atoms with Crippen molar-refractivity contribution in [2.24, 2.45) is 0 Å². The molecule has 0 radical (unpaired) electrons. The van der Waals surface area contributed by atoms with Crippen LogP contribution in [-0.2, 0) is 20.8 Å². The molecule has 3 aromatic rings. The van der Waals surface area contributed by atoms with Crippen LogP contribution in [0.1, 0.15) is 54.3 Å². The van der Waals surface area contributed by atoms with Gasteiger partial charge in [0.2, 0.25) is 17.2 Å². The fraction of sp³-hybridized carbons (Fsp3) is 0.345. The quantitative estimate of drug-likeness (QED) is 0.324. The number of para-hydroxylation sites is 1. The number of nitrogens with one attached hydrogen (secondary N) is 2. The highest BCUT2D eigenvalue weighted by molar-refractivity contribution is 8.01. The van der Waals surface area contributed by atoms with E-state index in [0.717, 1.165) is 17.5 Å². The fourth-order valence-electron chi connectivity index (χ4n) is 6.14. The minimum Gasteiger partial charge on any atom is -0.508 e. The molecule has 2 fully saturated rings. The van der Waals surface area contributed by atoms with Gasteiger partial charge in [-0.2, -0.15) is 0 Å². The van der Waals surface area contributed by atoms with E-state index in [1.54, 1.807) is 26.0 Å². The Balaban J connectivity index is 1.30. The van der Waals surface area contributed by atoms with E-state index in [4.69, 9.17) is 0 Å². The molecular formula is C29H28N4O7S. The van der Waals surface area contributed by atoms with Gasteiger partial charge in [-0.15, -0.1) is 11.8 Å². The normalized spacial score (nSPS) is 24.5. The minimum absolute atomic E-state index is 0.0357. The summed E-state index contributed by atoms with van der Waals surface area (Å²) in [7, 11) is 0. The van der Waals surface area contributed by atoms with Crippen LogP contribution in [0.4, 0.5) is 0 Å². The van der Waals surface area contributed by atoms with E-state index < -0.39 is 57.4 Å². The molecule has 3 amide bonds. The van der Waals surface area contributed by atoms with Crippen molar-refractivity contribution in [1.29, 1.82) is 0 Å². The summed E-state index contributed by atoms with van der Waals surface area (Å²) in [5.41, 5.74) is 1.56. The summed E-state index contributed by atoms with van der Waals surface area (Å²) in [6.45, 7) is 5.46. The maximum Gasteiger partial charge on any atom is 0.327 e. The summed E-state index contributed by atoms with van der Waals surface area (Å²) >= 11 is 1.29. The average Bonchev–Trinajstić information content (AvgIpc) is 3.38. The number of hydrogen-bond donors (Lipinski definition) is 4. The Kier molecular flexibility index (Phi) is 6.14. The Labute approximate surface area is 238 Å². The number of phenolic OH excluding ortho intramolecular Hbond substituents is 1. The largest absolute Gasteiger partial charge is 0.508 e. The molecule has 11 nitrogen and oxygen atoms in total. The Bertz CT molecular complexity index is 1700. The molecule has 1 aromatic heterocycles. The van der Waals surface area contributed by atoms with E-state index in [0.29, 0.717) is 10.9 Å². The molecule has 12 heteroatoms. The van der Waals surface area contributed by atoms with Gasteiger partial charge in [-0.3, -0.25) is 19.2 Å². The molecule has 2 aromatic carbocycles. The van der Waals surface area contributed by atoms with E-state index >= 15 is 0 Å². The standard InChI is InChI=1S/C29H28N4O7S/c1-13-11-15-5-4-6-17-21(15)32(13)12-18(22(17)35)24(36)30-19(14-7-9-16(34)10-8-14)25(37)31-20-26(38)33-23(28(39)40)29(2,3)41-27(20)33/h4-10,12-13,19-20,23,27,34H,11H2,1-3H3,(H,30,36)(H,31,37)(H,39,40). The lowest BCUT2D eigenvalue weighted by atomic mass is 9.95. The van der Waals surface area contributed by atoms with Gasteiger partial charge in [-0.25, -0.2) is 4.79 Å². The second kappa shape index (κ2) is 9.37. The van der Waals surface area contributed by atoms with Crippen LogP contribution < -0.4 is 16.1 Å². The number of carbonyl (C=O) groups is 4. The lowest BCUT2D eigenvalue weighted by Gasteiger charge is -2.44. The van der Waals surface area contributed by atoms with Crippen molar-refractivity contribution in [2.75, 3.05) is 0 Å². The van der Waals surface area contributed by atoms with Crippen molar-refractivity contribution >= 4 is 46.4 Å². The zero-order chi connectivity index (χ0) is 29.4. The lowest BCUT2D eigenvalue weighted by molar-refractivity contribution is -0.161. The molecule has 4 heterocycles. The third-order valence-corrected chi connectivity index (χ3v) is 9.68. The van der Waals surface area contributed by atoms with Gasteiger partial charge in [-0.05, 0) is 56.5 Å². The predicted molar refractivity (Wildman–Crippen MR) is 151 cm³/mol. The van der Waals surface area contributed by atoms with Crippen LogP contribution in [0, 0.1) is 0 Å². The number of β-lactam (4-membered cyclic amide) rings is 1. The molecule has 2 saturated heterocycles. The number of pyridine rings is 1. The van der Waals surface area contributed by atoms with Crippen molar-refractivity contribution < 1.29 is 29.4 Å². The molecule has 41 heavy (non-hydrogen) atoms. The van der Waals surface area contributed by atoms with Crippen molar-refractivity contribution in [3.8, 4) is 5.75 Å². The maximum absolute atomic E-state index is 13.6. The molecule has 0 aliphatic carbocycles. The summed E-state index contributed by atoms with van der Waals surface area (Å²) in [4.78, 5) is 66.7. The molecule has 212 valence electrons. The number of hydrogen-bond acceptors (Lipinski definition) is 7. The number of amides is 3. The van der Waals surface area contributed by atoms with E-state index in [-0.39, 0.29) is 17.4 Å². The van der Waals surface area contributed by atoms with E-state index in [1.165, 1.54) is 47.1 Å². The number of aromatic hydroxyl groups is 1. The molecule has 3 aliphatic rings. The van der Waals surface area contributed by atoms with Gasteiger partial charge in [0.25, 0.3) is 5.91 Å². The summed E-state index contributed by atoms with van der Waals surface area (Å²) in [6.07, 6.45) is 2.25. The van der Waals surface area contributed by atoms with Gasteiger partial charge in [0.05, 0.1) is 5.52 Å². The Hall–Kier alpha value is -4.32. The van der Waals surface area contributed by atoms with Crippen molar-refractivity contribution in [3.05, 3.63) is 75.6 Å². The van der Waals surface area contributed by atoms with E-state index in [1.807, 2.05) is 17.6 Å². The molecule has 0 bridgehead atoms. The summed E-state index contributed by atoms with van der Waals surface area (Å²) in [5.74, 6) is -3.16. The van der Waals surface area contributed by atoms with Gasteiger partial charge < -0.3 is 30.3 Å². The zero-order valence-corrected chi connectivity index (χ0v) is 23.3. The molecule has 6 rings (SSSR count). The van der Waals surface area contributed by atoms with Crippen LogP contribution >= 0.6 is 11.8 Å².